The molecule has 170 valence electrons. The molecule has 3 aromatic rings. The summed E-state index contributed by atoms with van der Waals surface area (Å²) in [5.74, 6) is 0.466. The first-order valence-corrected chi connectivity index (χ1v) is 10.5. The molecule has 0 saturated carbocycles. The minimum Gasteiger partial charge on any atom is -0.493 e. The van der Waals surface area contributed by atoms with Gasteiger partial charge in [0.25, 0.3) is 10.2 Å². The van der Waals surface area contributed by atoms with Crippen LogP contribution in [0.5, 0.6) is 17.2 Å². The Morgan fingerprint density at radius 2 is 1.59 bits per heavy atom. The highest BCUT2D eigenvalue weighted by molar-refractivity contribution is 7.90. The van der Waals surface area contributed by atoms with Gasteiger partial charge in [0.05, 0.1) is 33.2 Å². The summed E-state index contributed by atoms with van der Waals surface area (Å²) < 4.78 is 54.7. The predicted octanol–water partition coefficient (Wildman–Crippen LogP) is 2.74. The molecule has 0 aliphatic rings. The van der Waals surface area contributed by atoms with E-state index in [0.29, 0.717) is 28.6 Å². The topological polar surface area (TPSA) is 150 Å². The monoisotopic (exact) mass is 464 g/mol. The number of nitrogens with one attached hydrogen (secondary N) is 3. The van der Waals surface area contributed by atoms with Gasteiger partial charge in [-0.2, -0.15) is 13.4 Å². The molecular weight excluding hydrogens is 443 g/mol. The van der Waals surface area contributed by atoms with E-state index in [-0.39, 0.29) is 17.5 Å². The zero-order chi connectivity index (χ0) is 23.3. The van der Waals surface area contributed by atoms with Crippen LogP contribution in [0.25, 0.3) is 0 Å². The Bertz CT molecular complexity index is 1200. The van der Waals surface area contributed by atoms with E-state index in [9.17, 15) is 12.8 Å². The fourth-order valence-corrected chi connectivity index (χ4v) is 3.21. The van der Waals surface area contributed by atoms with Gasteiger partial charge < -0.3 is 24.8 Å². The Labute approximate surface area is 183 Å². The van der Waals surface area contributed by atoms with E-state index in [1.165, 1.54) is 33.5 Å². The van der Waals surface area contributed by atoms with Crippen molar-refractivity contribution in [1.82, 2.24) is 9.97 Å². The molecular formula is C19H21FN6O5S. The molecule has 0 saturated heterocycles. The second kappa shape index (κ2) is 9.53. The van der Waals surface area contributed by atoms with Gasteiger partial charge in [0, 0.05) is 23.5 Å². The molecule has 0 aliphatic carbocycles. The molecule has 32 heavy (non-hydrogen) atoms. The summed E-state index contributed by atoms with van der Waals surface area (Å²) in [6, 6.07) is 9.36. The van der Waals surface area contributed by atoms with Crippen LogP contribution in [-0.2, 0) is 10.2 Å². The van der Waals surface area contributed by atoms with Gasteiger partial charge in [-0.15, -0.1) is 0 Å². The number of nitrogens with two attached hydrogens (primary N) is 1. The first kappa shape index (κ1) is 22.8. The van der Waals surface area contributed by atoms with E-state index >= 15 is 0 Å². The van der Waals surface area contributed by atoms with E-state index in [0.717, 1.165) is 6.20 Å². The molecule has 1 heterocycles. The summed E-state index contributed by atoms with van der Waals surface area (Å²) in [5.41, 5.74) is 1.08. The zero-order valence-electron chi connectivity index (χ0n) is 17.3. The maximum absolute atomic E-state index is 14.3. The molecule has 5 N–H and O–H groups in total. The molecule has 0 spiro atoms. The Morgan fingerprint density at radius 1 is 0.938 bits per heavy atom. The zero-order valence-corrected chi connectivity index (χ0v) is 18.2. The van der Waals surface area contributed by atoms with Crippen molar-refractivity contribution in [3.05, 3.63) is 48.4 Å². The van der Waals surface area contributed by atoms with Gasteiger partial charge in [-0.05, 0) is 18.2 Å². The van der Waals surface area contributed by atoms with Crippen molar-refractivity contribution in [2.75, 3.05) is 36.7 Å². The lowest BCUT2D eigenvalue weighted by atomic mass is 10.2. The summed E-state index contributed by atoms with van der Waals surface area (Å²) in [5, 5.41) is 10.7. The van der Waals surface area contributed by atoms with Crippen LogP contribution in [0.3, 0.4) is 0 Å². The molecule has 0 atom stereocenters. The van der Waals surface area contributed by atoms with E-state index in [4.69, 9.17) is 19.3 Å². The van der Waals surface area contributed by atoms with Crippen LogP contribution in [0.2, 0.25) is 0 Å². The third kappa shape index (κ3) is 5.65. The maximum atomic E-state index is 14.3. The van der Waals surface area contributed by atoms with Crippen molar-refractivity contribution >= 4 is 39.0 Å². The average Bonchev–Trinajstić information content (AvgIpc) is 2.74. The smallest absolute Gasteiger partial charge is 0.296 e. The van der Waals surface area contributed by atoms with Crippen molar-refractivity contribution in [3.8, 4) is 17.2 Å². The minimum atomic E-state index is -3.95. The second-order valence-electron chi connectivity index (χ2n) is 6.28. The molecule has 0 aliphatic heterocycles. The van der Waals surface area contributed by atoms with Crippen molar-refractivity contribution in [2.45, 2.75) is 0 Å². The van der Waals surface area contributed by atoms with Crippen molar-refractivity contribution < 1.29 is 27.0 Å². The molecule has 2 aromatic carbocycles. The van der Waals surface area contributed by atoms with Gasteiger partial charge in [0.2, 0.25) is 11.7 Å². The molecule has 13 heteroatoms. The molecule has 0 bridgehead atoms. The number of aromatic nitrogens is 2. The number of nitrogens with zero attached hydrogens (tertiary/aromatic N) is 2. The van der Waals surface area contributed by atoms with Crippen LogP contribution in [0, 0.1) is 5.82 Å². The number of halogens is 1. The van der Waals surface area contributed by atoms with Crippen molar-refractivity contribution in [2.24, 2.45) is 5.14 Å². The van der Waals surface area contributed by atoms with Gasteiger partial charge in [-0.25, -0.2) is 14.5 Å². The van der Waals surface area contributed by atoms with E-state index in [1.54, 1.807) is 24.3 Å². The minimum absolute atomic E-state index is 0.0852. The maximum Gasteiger partial charge on any atom is 0.296 e. The lowest BCUT2D eigenvalue weighted by Crippen LogP contribution is -2.21. The summed E-state index contributed by atoms with van der Waals surface area (Å²) in [4.78, 5) is 8.07. The number of rotatable bonds is 9. The van der Waals surface area contributed by atoms with Crippen LogP contribution >= 0.6 is 0 Å². The largest absolute Gasteiger partial charge is 0.493 e. The molecule has 0 amide bonds. The van der Waals surface area contributed by atoms with Crippen molar-refractivity contribution in [3.63, 3.8) is 0 Å². The standard InChI is InChI=1S/C19H21FN6O5S/c1-29-15-8-13(9-16(30-2)17(15)31-3)24-19-22-10-14(20)18(25-19)23-11-5-4-6-12(7-11)26-32(21,27)28/h4-10,26H,1-3H3,(H2,21,27,28)(H2,22,23,24,25). The summed E-state index contributed by atoms with van der Waals surface area (Å²) in [6.45, 7) is 0. The molecule has 3 rings (SSSR count). The van der Waals surface area contributed by atoms with Gasteiger partial charge in [0.1, 0.15) is 0 Å². The van der Waals surface area contributed by atoms with Crippen LogP contribution in [0.15, 0.2) is 42.6 Å². The third-order valence-electron chi connectivity index (χ3n) is 4.05. The highest BCUT2D eigenvalue weighted by Crippen LogP contribution is 2.40. The summed E-state index contributed by atoms with van der Waals surface area (Å²) >= 11 is 0. The molecule has 1 aromatic heterocycles. The lowest BCUT2D eigenvalue weighted by molar-refractivity contribution is 0.324. The lowest BCUT2D eigenvalue weighted by Gasteiger charge is -2.15. The normalized spacial score (nSPS) is 10.9. The molecule has 11 nitrogen and oxygen atoms in total. The fourth-order valence-electron chi connectivity index (χ4n) is 2.76. The van der Waals surface area contributed by atoms with Crippen LogP contribution in [0.4, 0.5) is 33.2 Å². The van der Waals surface area contributed by atoms with Crippen LogP contribution in [0.1, 0.15) is 0 Å². The quantitative estimate of drug-likeness (QED) is 0.375. The third-order valence-corrected chi connectivity index (χ3v) is 4.57. The van der Waals surface area contributed by atoms with E-state index < -0.39 is 16.0 Å². The first-order valence-electron chi connectivity index (χ1n) is 8.99. The van der Waals surface area contributed by atoms with Crippen molar-refractivity contribution in [1.29, 1.82) is 0 Å². The van der Waals surface area contributed by atoms with Crippen LogP contribution < -0.4 is 34.7 Å². The predicted molar refractivity (Wildman–Crippen MR) is 118 cm³/mol. The Morgan fingerprint density at radius 3 is 2.19 bits per heavy atom. The van der Waals surface area contributed by atoms with Gasteiger partial charge in [-0.3, -0.25) is 4.72 Å². The number of hydrogen-bond acceptors (Lipinski definition) is 9. The van der Waals surface area contributed by atoms with Gasteiger partial charge in [-0.1, -0.05) is 6.07 Å². The molecule has 0 fully saturated rings. The number of benzene rings is 2. The molecule has 0 unspecified atom stereocenters. The highest BCUT2D eigenvalue weighted by atomic mass is 32.2. The average molecular weight is 464 g/mol. The van der Waals surface area contributed by atoms with E-state index in [2.05, 4.69) is 25.3 Å². The fraction of sp³-hybridized carbons (Fsp3) is 0.158. The van der Waals surface area contributed by atoms with E-state index in [1.807, 2.05) is 0 Å². The Kier molecular flexibility index (Phi) is 6.80. The summed E-state index contributed by atoms with van der Waals surface area (Å²) in [6.07, 6.45) is 0.988. The number of methoxy groups -OCH3 is 3. The SMILES string of the molecule is COc1cc(Nc2ncc(F)c(Nc3cccc(NS(N)(=O)=O)c3)n2)cc(OC)c1OC. The number of anilines is 5. The Balaban J connectivity index is 1.86. The number of hydrogen-bond donors (Lipinski definition) is 4. The Hall–Kier alpha value is -3.84. The highest BCUT2D eigenvalue weighted by Gasteiger charge is 2.15. The van der Waals surface area contributed by atoms with Gasteiger partial charge in [0.15, 0.2) is 23.1 Å². The van der Waals surface area contributed by atoms with Gasteiger partial charge >= 0.3 is 0 Å². The summed E-state index contributed by atoms with van der Waals surface area (Å²) in [7, 11) is 0.503. The van der Waals surface area contributed by atoms with Crippen LogP contribution in [-0.4, -0.2) is 39.7 Å². The first-order chi connectivity index (χ1) is 15.2. The second-order valence-corrected chi connectivity index (χ2v) is 7.58. The molecule has 0 radical (unpaired) electrons. The number of ether oxygens (including phenoxy) is 3.